The van der Waals surface area contributed by atoms with Gasteiger partial charge in [-0.15, -0.1) is 0 Å². The predicted molar refractivity (Wildman–Crippen MR) is 139 cm³/mol. The van der Waals surface area contributed by atoms with Gasteiger partial charge in [-0.25, -0.2) is 43.5 Å². The lowest BCUT2D eigenvalue weighted by atomic mass is 10.2. The number of hydrogen-bond donors (Lipinski definition) is 3. The minimum Gasteiger partial charge on any atom is -0.478 e. The van der Waals surface area contributed by atoms with Crippen molar-refractivity contribution in [1.82, 2.24) is 9.97 Å². The monoisotopic (exact) mass is 652 g/mol. The fraction of sp³-hybridized carbons (Fsp3) is 0.346. The van der Waals surface area contributed by atoms with Crippen molar-refractivity contribution in [1.29, 1.82) is 0 Å². The van der Waals surface area contributed by atoms with Crippen LogP contribution in [0.2, 0.25) is 0 Å². The van der Waals surface area contributed by atoms with Crippen molar-refractivity contribution < 1.29 is 86.8 Å². The van der Waals surface area contributed by atoms with Gasteiger partial charge in [-0.2, -0.15) is 0 Å². The first-order valence-electron chi connectivity index (χ1n) is 12.8. The fourth-order valence-corrected chi connectivity index (χ4v) is 3.13. The summed E-state index contributed by atoms with van der Waals surface area (Å²) in [5.41, 5.74) is -0.130. The van der Waals surface area contributed by atoms with Crippen molar-refractivity contribution in [2.24, 2.45) is 0 Å². The molecule has 0 aromatic carbocycles. The molecule has 0 saturated carbocycles. The van der Waals surface area contributed by atoms with Crippen LogP contribution >= 0.6 is 0 Å². The minimum atomic E-state index is -1.17. The van der Waals surface area contributed by atoms with Crippen LogP contribution in [0.5, 0.6) is 0 Å². The Hall–Kier alpha value is -6.05. The molecule has 20 heteroatoms. The van der Waals surface area contributed by atoms with E-state index in [-0.39, 0.29) is 62.2 Å². The molecule has 3 N–H and O–H groups in total. The number of esters is 2. The molecule has 0 radical (unpaired) electrons. The molecule has 3 saturated heterocycles. The quantitative estimate of drug-likeness (QED) is 0.245. The summed E-state index contributed by atoms with van der Waals surface area (Å²) < 4.78 is 37.2. The average molecular weight is 652 g/mol. The van der Waals surface area contributed by atoms with E-state index in [0.717, 1.165) is 18.5 Å². The van der Waals surface area contributed by atoms with E-state index in [0.29, 0.717) is 0 Å². The summed E-state index contributed by atoms with van der Waals surface area (Å²) in [5.74, 6) is -3.75. The number of carboxylic acids is 2. The molecule has 20 nitrogen and oxygen atoms in total. The van der Waals surface area contributed by atoms with Gasteiger partial charge >= 0.3 is 42.3 Å². The molecule has 5 rings (SSSR count). The second-order valence-corrected chi connectivity index (χ2v) is 8.76. The summed E-state index contributed by atoms with van der Waals surface area (Å²) in [6.07, 6.45) is -1.91. The van der Waals surface area contributed by atoms with Gasteiger partial charge in [0.05, 0.1) is 17.7 Å². The molecule has 2 aromatic rings. The number of carbonyl (C=O) groups excluding carboxylic acids is 5. The van der Waals surface area contributed by atoms with Gasteiger partial charge in [0.15, 0.2) is 18.3 Å². The molecule has 0 amide bonds. The van der Waals surface area contributed by atoms with E-state index in [9.17, 15) is 33.6 Å². The number of hydrogen-bond acceptors (Lipinski definition) is 18. The van der Waals surface area contributed by atoms with E-state index < -0.39 is 60.7 Å². The topological polar surface area (TPSA) is 280 Å². The van der Waals surface area contributed by atoms with Crippen molar-refractivity contribution in [3.05, 3.63) is 59.2 Å². The summed E-state index contributed by atoms with van der Waals surface area (Å²) in [6.45, 7) is -0.294. The van der Waals surface area contributed by atoms with Gasteiger partial charge in [-0.05, 0) is 24.3 Å². The maximum Gasteiger partial charge on any atom is 0.508 e. The third-order valence-corrected chi connectivity index (χ3v) is 5.39. The molecule has 3 atom stereocenters. The Labute approximate surface area is 256 Å². The van der Waals surface area contributed by atoms with Gasteiger partial charge in [-0.3, -0.25) is 0 Å². The largest absolute Gasteiger partial charge is 0.508 e. The van der Waals surface area contributed by atoms with Crippen molar-refractivity contribution in [3.63, 3.8) is 0 Å². The molecule has 246 valence electrons. The number of aliphatic hydroxyl groups excluding tert-OH is 1. The van der Waals surface area contributed by atoms with Gasteiger partial charge in [0.25, 0.3) is 0 Å². The lowest BCUT2D eigenvalue weighted by Crippen LogP contribution is -2.22. The van der Waals surface area contributed by atoms with Gasteiger partial charge < -0.3 is 53.2 Å². The van der Waals surface area contributed by atoms with Crippen LogP contribution in [0.1, 0.15) is 41.7 Å². The molecule has 0 aliphatic carbocycles. The number of carbonyl (C=O) groups is 7. The summed E-state index contributed by atoms with van der Waals surface area (Å²) in [4.78, 5) is 83.1. The number of aromatic nitrogens is 2. The average Bonchev–Trinajstić information content (AvgIpc) is 3.80. The SMILES string of the molecule is O=C(O)c1ccc(C(=O)O)nc1.O=C1OCC(CO)O1.O=C1OCC(COC(=O)c2ccc(C(=O)OCC3COC(=O)O3)nc2)O1. The predicted octanol–water partition coefficient (Wildman–Crippen LogP) is 0.458. The van der Waals surface area contributed by atoms with E-state index in [1.165, 1.54) is 18.2 Å². The molecular weight excluding hydrogens is 628 g/mol. The molecule has 3 aliphatic heterocycles. The molecule has 2 aromatic heterocycles. The highest BCUT2D eigenvalue weighted by Crippen LogP contribution is 2.11. The first-order chi connectivity index (χ1) is 21.9. The van der Waals surface area contributed by atoms with E-state index in [1.807, 2.05) is 0 Å². The highest BCUT2D eigenvalue weighted by atomic mass is 16.8. The number of carboxylic acid groups (broad SMARTS) is 2. The number of rotatable bonds is 9. The lowest BCUT2D eigenvalue weighted by molar-refractivity contribution is 0.0287. The molecular formula is C26H24N2O18. The molecule has 5 heterocycles. The van der Waals surface area contributed by atoms with E-state index in [4.69, 9.17) is 34.3 Å². The van der Waals surface area contributed by atoms with E-state index >= 15 is 0 Å². The maximum absolute atomic E-state index is 11.9. The van der Waals surface area contributed by atoms with Crippen LogP contribution in [0.25, 0.3) is 0 Å². The Balaban J connectivity index is 0.000000236. The van der Waals surface area contributed by atoms with Crippen molar-refractivity contribution in [3.8, 4) is 0 Å². The zero-order valence-corrected chi connectivity index (χ0v) is 23.3. The molecule has 3 unspecified atom stereocenters. The third kappa shape index (κ3) is 10.9. The fourth-order valence-electron chi connectivity index (χ4n) is 3.13. The maximum atomic E-state index is 11.9. The first kappa shape index (κ1) is 34.4. The second kappa shape index (κ2) is 16.7. The summed E-state index contributed by atoms with van der Waals surface area (Å²) in [6, 6.07) is 4.96. The molecule has 0 spiro atoms. The Kier molecular flexibility index (Phi) is 12.5. The van der Waals surface area contributed by atoms with E-state index in [1.54, 1.807) is 0 Å². The molecule has 46 heavy (non-hydrogen) atoms. The standard InChI is InChI=1S/C15H13NO10.C7H5NO4.C4H6O4/c17-12(21-4-9-6-23-14(19)25-9)8-1-2-11(16-3-8)13(18)22-5-10-7-24-15(20)26-10;9-6(10)4-1-2-5(7(11)12)8-3-4;5-1-3-2-7-4(6)8-3/h1-3,9-10H,4-7H2;1-3H,(H,9,10)(H,11,12);3,5H,1-2H2. The lowest BCUT2D eigenvalue weighted by Gasteiger charge is -2.09. The minimum absolute atomic E-state index is 0.00562. The van der Waals surface area contributed by atoms with Gasteiger partial charge in [-0.1, -0.05) is 0 Å². The number of aromatic carboxylic acids is 2. The smallest absolute Gasteiger partial charge is 0.478 e. The Morgan fingerprint density at radius 3 is 1.48 bits per heavy atom. The van der Waals surface area contributed by atoms with Crippen molar-refractivity contribution in [2.75, 3.05) is 39.6 Å². The summed E-state index contributed by atoms with van der Waals surface area (Å²) in [5, 5.41) is 25.2. The number of cyclic esters (lactones) is 6. The number of pyridine rings is 2. The Morgan fingerprint density at radius 1 is 0.652 bits per heavy atom. The third-order valence-electron chi connectivity index (χ3n) is 5.39. The summed E-state index contributed by atoms with van der Waals surface area (Å²) in [7, 11) is 0. The van der Waals surface area contributed by atoms with Crippen LogP contribution < -0.4 is 0 Å². The van der Waals surface area contributed by atoms with Crippen LogP contribution in [0.15, 0.2) is 36.7 Å². The van der Waals surface area contributed by atoms with Crippen LogP contribution in [-0.2, 0) is 37.9 Å². The van der Waals surface area contributed by atoms with Gasteiger partial charge in [0, 0.05) is 12.4 Å². The Bertz CT molecular complexity index is 1330. The van der Waals surface area contributed by atoms with Crippen LogP contribution in [0.3, 0.4) is 0 Å². The van der Waals surface area contributed by atoms with Gasteiger partial charge in [0.1, 0.15) is 44.4 Å². The number of ether oxygens (including phenoxy) is 8. The van der Waals surface area contributed by atoms with Crippen LogP contribution in [0, 0.1) is 0 Å². The highest BCUT2D eigenvalue weighted by Gasteiger charge is 2.28. The number of aliphatic hydroxyl groups is 1. The van der Waals surface area contributed by atoms with Crippen molar-refractivity contribution in [2.45, 2.75) is 18.3 Å². The van der Waals surface area contributed by atoms with Gasteiger partial charge in [0.2, 0.25) is 0 Å². The highest BCUT2D eigenvalue weighted by molar-refractivity contribution is 5.91. The Morgan fingerprint density at radius 2 is 1.11 bits per heavy atom. The first-order valence-corrected chi connectivity index (χ1v) is 12.8. The second-order valence-electron chi connectivity index (χ2n) is 8.76. The number of nitrogens with zero attached hydrogens (tertiary/aromatic N) is 2. The van der Waals surface area contributed by atoms with Crippen molar-refractivity contribution >= 4 is 42.3 Å². The summed E-state index contributed by atoms with van der Waals surface area (Å²) >= 11 is 0. The molecule has 0 bridgehead atoms. The molecule has 3 aliphatic rings. The van der Waals surface area contributed by atoms with Crippen LogP contribution in [-0.4, -0.2) is 126 Å². The zero-order chi connectivity index (χ0) is 33.6. The zero-order valence-electron chi connectivity index (χ0n) is 23.3. The normalized spacial score (nSPS) is 19.2. The van der Waals surface area contributed by atoms with E-state index in [2.05, 4.69) is 28.9 Å². The van der Waals surface area contributed by atoms with Crippen LogP contribution in [0.4, 0.5) is 14.4 Å². The molecule has 3 fully saturated rings.